The molecular formula is C13H17N5OS. The summed E-state index contributed by atoms with van der Waals surface area (Å²) in [6, 6.07) is 2.07. The van der Waals surface area contributed by atoms with Gasteiger partial charge in [0.25, 0.3) is 0 Å². The molecule has 2 aromatic rings. The Labute approximate surface area is 121 Å². The molecule has 0 saturated carbocycles. The minimum atomic E-state index is 0.541. The summed E-state index contributed by atoms with van der Waals surface area (Å²) < 4.78 is 0. The fourth-order valence-electron chi connectivity index (χ4n) is 2.32. The van der Waals surface area contributed by atoms with E-state index in [0.29, 0.717) is 24.9 Å². The number of nitrogens with zero attached hydrogens (tertiary/aromatic N) is 4. The van der Waals surface area contributed by atoms with Gasteiger partial charge in [0.15, 0.2) is 0 Å². The lowest BCUT2D eigenvalue weighted by Gasteiger charge is -2.32. The molecular weight excluding hydrogens is 274 g/mol. The topological polar surface area (TPSA) is 75.3 Å². The van der Waals surface area contributed by atoms with Crippen LogP contribution in [-0.4, -0.2) is 47.5 Å². The number of aromatic nitrogens is 2. The van der Waals surface area contributed by atoms with E-state index in [4.69, 9.17) is 5.73 Å². The van der Waals surface area contributed by atoms with Gasteiger partial charge in [-0.3, -0.25) is 4.79 Å². The van der Waals surface area contributed by atoms with Gasteiger partial charge in [-0.25, -0.2) is 4.98 Å². The molecule has 0 spiro atoms. The highest BCUT2D eigenvalue weighted by Crippen LogP contribution is 2.29. The molecule has 1 aliphatic rings. The van der Waals surface area contributed by atoms with Crippen LogP contribution in [0.2, 0.25) is 0 Å². The van der Waals surface area contributed by atoms with Crippen LogP contribution in [0.3, 0.4) is 0 Å². The highest BCUT2D eigenvalue weighted by atomic mass is 32.1. The number of anilines is 2. The maximum atomic E-state index is 10.7. The lowest BCUT2D eigenvalue weighted by Crippen LogP contribution is -2.46. The summed E-state index contributed by atoms with van der Waals surface area (Å²) in [6.07, 6.45) is 1.87. The number of carbonyl (C=O) groups excluding carboxylic acids is 1. The number of carbonyl (C=O) groups is 1. The van der Waals surface area contributed by atoms with Gasteiger partial charge >= 0.3 is 0 Å². The van der Waals surface area contributed by atoms with E-state index in [1.807, 2.05) is 0 Å². The number of nitrogen functional groups attached to an aromatic ring is 1. The number of aryl methyl sites for hydroxylation is 1. The average Bonchev–Trinajstić information content (AvgIpc) is 2.91. The highest BCUT2D eigenvalue weighted by molar-refractivity contribution is 7.18. The summed E-state index contributed by atoms with van der Waals surface area (Å²) in [4.78, 5) is 25.8. The predicted octanol–water partition coefficient (Wildman–Crippen LogP) is 1.11. The molecule has 0 atom stereocenters. The number of rotatable bonds is 3. The Morgan fingerprint density at radius 3 is 2.75 bits per heavy atom. The third kappa shape index (κ3) is 2.29. The first-order valence-electron chi connectivity index (χ1n) is 6.71. The van der Waals surface area contributed by atoms with Crippen molar-refractivity contribution in [3.63, 3.8) is 0 Å². The van der Waals surface area contributed by atoms with Crippen molar-refractivity contribution in [3.05, 3.63) is 10.9 Å². The predicted molar refractivity (Wildman–Crippen MR) is 81.1 cm³/mol. The third-order valence-corrected chi connectivity index (χ3v) is 4.73. The Hall–Kier alpha value is -1.89. The maximum Gasteiger partial charge on any atom is 0.228 e. The van der Waals surface area contributed by atoms with Crippen LogP contribution in [-0.2, 0) is 11.2 Å². The van der Waals surface area contributed by atoms with Crippen LogP contribution in [0.25, 0.3) is 10.2 Å². The number of hydrogen-bond acceptors (Lipinski definition) is 6. The summed E-state index contributed by atoms with van der Waals surface area (Å²) in [5.41, 5.74) is 6.05. The smallest absolute Gasteiger partial charge is 0.228 e. The Morgan fingerprint density at radius 1 is 1.35 bits per heavy atom. The molecule has 3 heterocycles. The standard InChI is InChI=1S/C13H17N5OS/c1-2-9-7-10-11(14)15-13(16-12(10)20-9)18-5-3-17(8-19)4-6-18/h7-8H,2-6H2,1H3,(H2,14,15,16). The van der Waals surface area contributed by atoms with E-state index in [2.05, 4.69) is 27.9 Å². The second kappa shape index (κ2) is 5.24. The fourth-order valence-corrected chi connectivity index (χ4v) is 3.29. The number of thiophene rings is 1. The monoisotopic (exact) mass is 291 g/mol. The Bertz CT molecular complexity index is 633. The van der Waals surface area contributed by atoms with Crippen LogP contribution in [0.4, 0.5) is 11.8 Å². The minimum Gasteiger partial charge on any atom is -0.383 e. The number of amides is 1. The molecule has 0 radical (unpaired) electrons. The van der Waals surface area contributed by atoms with Crippen LogP contribution in [0.15, 0.2) is 6.07 Å². The van der Waals surface area contributed by atoms with Gasteiger partial charge in [-0.15, -0.1) is 11.3 Å². The maximum absolute atomic E-state index is 10.7. The molecule has 0 unspecified atom stereocenters. The summed E-state index contributed by atoms with van der Waals surface area (Å²) in [5, 5.41) is 0.946. The lowest BCUT2D eigenvalue weighted by atomic mass is 10.3. The first-order chi connectivity index (χ1) is 9.71. The van der Waals surface area contributed by atoms with Crippen LogP contribution in [0.5, 0.6) is 0 Å². The normalized spacial score (nSPS) is 15.8. The molecule has 106 valence electrons. The van der Waals surface area contributed by atoms with E-state index < -0.39 is 0 Å². The average molecular weight is 291 g/mol. The van der Waals surface area contributed by atoms with E-state index in [0.717, 1.165) is 36.1 Å². The second-order valence-corrected chi connectivity index (χ2v) is 5.94. The lowest BCUT2D eigenvalue weighted by molar-refractivity contribution is -0.118. The summed E-state index contributed by atoms with van der Waals surface area (Å²) in [7, 11) is 0. The van der Waals surface area contributed by atoms with Gasteiger partial charge in [0.2, 0.25) is 12.4 Å². The molecule has 20 heavy (non-hydrogen) atoms. The van der Waals surface area contributed by atoms with E-state index in [1.54, 1.807) is 16.2 Å². The van der Waals surface area contributed by atoms with Gasteiger partial charge in [-0.05, 0) is 12.5 Å². The molecule has 0 bridgehead atoms. The Balaban J connectivity index is 1.90. The van der Waals surface area contributed by atoms with Gasteiger partial charge in [-0.1, -0.05) is 6.92 Å². The summed E-state index contributed by atoms with van der Waals surface area (Å²) in [6.45, 7) is 5.02. The van der Waals surface area contributed by atoms with Crippen molar-refractivity contribution in [1.82, 2.24) is 14.9 Å². The largest absolute Gasteiger partial charge is 0.383 e. The van der Waals surface area contributed by atoms with Gasteiger partial charge in [-0.2, -0.15) is 4.98 Å². The molecule has 1 saturated heterocycles. The van der Waals surface area contributed by atoms with Crippen molar-refractivity contribution in [2.45, 2.75) is 13.3 Å². The Morgan fingerprint density at radius 2 is 2.10 bits per heavy atom. The summed E-state index contributed by atoms with van der Waals surface area (Å²) >= 11 is 1.67. The zero-order valence-electron chi connectivity index (χ0n) is 11.4. The van der Waals surface area contributed by atoms with Crippen molar-refractivity contribution < 1.29 is 4.79 Å². The number of nitrogens with two attached hydrogens (primary N) is 1. The van der Waals surface area contributed by atoms with Crippen LogP contribution < -0.4 is 10.6 Å². The number of piperazine rings is 1. The van der Waals surface area contributed by atoms with Crippen LogP contribution >= 0.6 is 11.3 Å². The van der Waals surface area contributed by atoms with E-state index >= 15 is 0 Å². The second-order valence-electron chi connectivity index (χ2n) is 4.82. The van der Waals surface area contributed by atoms with Crippen LogP contribution in [0, 0.1) is 0 Å². The molecule has 7 heteroatoms. The first kappa shape index (κ1) is 13.1. The van der Waals surface area contributed by atoms with Gasteiger partial charge in [0.05, 0.1) is 5.39 Å². The molecule has 2 aromatic heterocycles. The van der Waals surface area contributed by atoms with Crippen molar-refractivity contribution in [3.8, 4) is 0 Å². The first-order valence-corrected chi connectivity index (χ1v) is 7.53. The zero-order valence-corrected chi connectivity index (χ0v) is 12.2. The van der Waals surface area contributed by atoms with E-state index in [1.165, 1.54) is 4.88 Å². The SMILES string of the molecule is CCc1cc2c(N)nc(N3CCN(C=O)CC3)nc2s1. The van der Waals surface area contributed by atoms with E-state index in [9.17, 15) is 4.79 Å². The molecule has 3 rings (SSSR count). The molecule has 1 amide bonds. The molecule has 1 aliphatic heterocycles. The van der Waals surface area contributed by atoms with Gasteiger partial charge < -0.3 is 15.5 Å². The Kier molecular flexibility index (Phi) is 3.43. The van der Waals surface area contributed by atoms with E-state index in [-0.39, 0.29) is 0 Å². The van der Waals surface area contributed by atoms with Gasteiger partial charge in [0, 0.05) is 31.1 Å². The zero-order chi connectivity index (χ0) is 14.1. The van der Waals surface area contributed by atoms with Crippen molar-refractivity contribution in [1.29, 1.82) is 0 Å². The number of fused-ring (bicyclic) bond motifs is 1. The number of hydrogen-bond donors (Lipinski definition) is 1. The molecule has 0 aliphatic carbocycles. The van der Waals surface area contributed by atoms with Crippen LogP contribution in [0.1, 0.15) is 11.8 Å². The molecule has 1 fully saturated rings. The van der Waals surface area contributed by atoms with Crippen molar-refractivity contribution in [2.75, 3.05) is 36.8 Å². The third-order valence-electron chi connectivity index (χ3n) is 3.56. The summed E-state index contributed by atoms with van der Waals surface area (Å²) in [5.74, 6) is 1.21. The highest BCUT2D eigenvalue weighted by Gasteiger charge is 2.19. The molecule has 0 aromatic carbocycles. The molecule has 2 N–H and O–H groups in total. The quantitative estimate of drug-likeness (QED) is 0.858. The van der Waals surface area contributed by atoms with Crippen molar-refractivity contribution in [2.24, 2.45) is 0 Å². The fraction of sp³-hybridized carbons (Fsp3) is 0.462. The minimum absolute atomic E-state index is 0.541. The molecule has 6 nitrogen and oxygen atoms in total. The van der Waals surface area contributed by atoms with Gasteiger partial charge in [0.1, 0.15) is 10.6 Å². The van der Waals surface area contributed by atoms with Crippen molar-refractivity contribution >= 4 is 39.7 Å².